The van der Waals surface area contributed by atoms with Gasteiger partial charge in [0, 0.05) is 0 Å². The molecule has 1 aromatic rings. The zero-order chi connectivity index (χ0) is 12.0. The van der Waals surface area contributed by atoms with Crippen LogP contribution in [-0.2, 0) is 6.42 Å². The van der Waals surface area contributed by atoms with Gasteiger partial charge in [-0.05, 0) is 49.8 Å². The first kappa shape index (κ1) is 13.2. The largest absolute Gasteiger partial charge is 0.393 e. The zero-order valence-corrected chi connectivity index (χ0v) is 10.3. The summed E-state index contributed by atoms with van der Waals surface area (Å²) in [5.74, 6) is 0.538. The van der Waals surface area contributed by atoms with E-state index in [-0.39, 0.29) is 6.10 Å². The van der Waals surface area contributed by atoms with Crippen molar-refractivity contribution in [3.8, 4) is 0 Å². The molecule has 2 atom stereocenters. The molecule has 0 aliphatic heterocycles. The number of aliphatic hydroxyl groups excluding tert-OH is 1. The fraction of sp³-hybridized carbons (Fsp3) is 0.571. The van der Waals surface area contributed by atoms with Gasteiger partial charge in [-0.15, -0.1) is 0 Å². The van der Waals surface area contributed by atoms with E-state index in [2.05, 4.69) is 31.2 Å². The molecule has 16 heavy (non-hydrogen) atoms. The molecule has 0 radical (unpaired) electrons. The van der Waals surface area contributed by atoms with E-state index in [0.29, 0.717) is 5.92 Å². The minimum atomic E-state index is -0.212. The number of aliphatic hydroxyl groups is 1. The first-order chi connectivity index (χ1) is 7.63. The Morgan fingerprint density at radius 1 is 1.12 bits per heavy atom. The highest BCUT2D eigenvalue weighted by Crippen LogP contribution is 2.19. The van der Waals surface area contributed by atoms with Crippen molar-refractivity contribution in [2.75, 3.05) is 6.54 Å². The minimum Gasteiger partial charge on any atom is -0.393 e. The molecule has 0 heterocycles. The van der Waals surface area contributed by atoms with Crippen molar-refractivity contribution in [1.29, 1.82) is 0 Å². The Morgan fingerprint density at radius 2 is 1.75 bits per heavy atom. The molecular weight excluding hydrogens is 198 g/mol. The second-order valence-electron chi connectivity index (χ2n) is 4.61. The Morgan fingerprint density at radius 3 is 2.25 bits per heavy atom. The van der Waals surface area contributed by atoms with Crippen molar-refractivity contribution >= 4 is 0 Å². The third kappa shape index (κ3) is 4.33. The van der Waals surface area contributed by atoms with Gasteiger partial charge in [0.15, 0.2) is 0 Å². The van der Waals surface area contributed by atoms with Crippen LogP contribution >= 0.6 is 0 Å². The van der Waals surface area contributed by atoms with E-state index in [1.165, 1.54) is 11.1 Å². The molecular formula is C14H23NO. The van der Waals surface area contributed by atoms with Crippen molar-refractivity contribution < 1.29 is 5.11 Å². The summed E-state index contributed by atoms with van der Waals surface area (Å²) in [4.78, 5) is 0. The monoisotopic (exact) mass is 221 g/mol. The Bertz CT molecular complexity index is 292. The second kappa shape index (κ2) is 6.66. The molecule has 0 aromatic heterocycles. The summed E-state index contributed by atoms with van der Waals surface area (Å²) in [5.41, 5.74) is 8.20. The predicted molar refractivity (Wildman–Crippen MR) is 68.5 cm³/mol. The summed E-state index contributed by atoms with van der Waals surface area (Å²) < 4.78 is 0. The maximum Gasteiger partial charge on any atom is 0.0515 e. The normalized spacial score (nSPS) is 14.8. The second-order valence-corrected chi connectivity index (χ2v) is 4.61. The molecule has 90 valence electrons. The summed E-state index contributed by atoms with van der Waals surface area (Å²) in [6.45, 7) is 4.78. The third-order valence-electron chi connectivity index (χ3n) is 3.00. The molecule has 0 fully saturated rings. The smallest absolute Gasteiger partial charge is 0.0515 e. The number of nitrogens with two attached hydrogens (primary N) is 1. The summed E-state index contributed by atoms with van der Waals surface area (Å²) in [6.07, 6.45) is 2.60. The van der Waals surface area contributed by atoms with E-state index in [9.17, 15) is 5.11 Å². The maximum absolute atomic E-state index is 9.21. The van der Waals surface area contributed by atoms with Gasteiger partial charge in [-0.2, -0.15) is 0 Å². The van der Waals surface area contributed by atoms with Crippen molar-refractivity contribution in [2.24, 2.45) is 5.73 Å². The van der Waals surface area contributed by atoms with E-state index < -0.39 is 0 Å². The van der Waals surface area contributed by atoms with Crippen molar-refractivity contribution in [3.05, 3.63) is 35.4 Å². The standard InChI is InChI=1S/C14H23NO/c1-11(9-10-15)14-7-5-13(6-8-14)4-3-12(2)16/h5-8,11-12,16H,3-4,9-10,15H2,1-2H3. The quantitative estimate of drug-likeness (QED) is 0.775. The van der Waals surface area contributed by atoms with Gasteiger partial charge in [0.25, 0.3) is 0 Å². The lowest BCUT2D eigenvalue weighted by atomic mass is 9.96. The molecule has 1 aromatic carbocycles. The van der Waals surface area contributed by atoms with Gasteiger partial charge in [0.1, 0.15) is 0 Å². The topological polar surface area (TPSA) is 46.2 Å². The lowest BCUT2D eigenvalue weighted by molar-refractivity contribution is 0.185. The molecule has 0 saturated carbocycles. The Balaban J connectivity index is 2.53. The lowest BCUT2D eigenvalue weighted by Crippen LogP contribution is -2.05. The van der Waals surface area contributed by atoms with Gasteiger partial charge >= 0.3 is 0 Å². The molecule has 1 rings (SSSR count). The van der Waals surface area contributed by atoms with Crippen LogP contribution in [-0.4, -0.2) is 17.8 Å². The van der Waals surface area contributed by atoms with Gasteiger partial charge in [0.2, 0.25) is 0 Å². The van der Waals surface area contributed by atoms with E-state index in [1.807, 2.05) is 6.92 Å². The van der Waals surface area contributed by atoms with Gasteiger partial charge < -0.3 is 10.8 Å². The SMILES string of the molecule is CC(O)CCc1ccc(C(C)CCN)cc1. The van der Waals surface area contributed by atoms with Crippen LogP contribution in [0.3, 0.4) is 0 Å². The van der Waals surface area contributed by atoms with Crippen LogP contribution in [0.4, 0.5) is 0 Å². The number of hydrogen-bond acceptors (Lipinski definition) is 2. The summed E-state index contributed by atoms with van der Waals surface area (Å²) >= 11 is 0. The molecule has 2 nitrogen and oxygen atoms in total. The average molecular weight is 221 g/mol. The lowest BCUT2D eigenvalue weighted by Gasteiger charge is -2.11. The summed E-state index contributed by atoms with van der Waals surface area (Å²) in [6, 6.07) is 8.67. The van der Waals surface area contributed by atoms with Crippen LogP contribution in [0.2, 0.25) is 0 Å². The van der Waals surface area contributed by atoms with E-state index in [0.717, 1.165) is 25.8 Å². The van der Waals surface area contributed by atoms with Crippen LogP contribution in [0, 0.1) is 0 Å². The van der Waals surface area contributed by atoms with Crippen LogP contribution in [0.1, 0.15) is 43.7 Å². The Hall–Kier alpha value is -0.860. The van der Waals surface area contributed by atoms with Gasteiger partial charge in [-0.3, -0.25) is 0 Å². The van der Waals surface area contributed by atoms with Gasteiger partial charge in [-0.25, -0.2) is 0 Å². The van der Waals surface area contributed by atoms with Gasteiger partial charge in [0.05, 0.1) is 6.10 Å². The Labute approximate surface area is 98.5 Å². The van der Waals surface area contributed by atoms with Crippen molar-refractivity contribution in [2.45, 2.75) is 45.1 Å². The minimum absolute atomic E-state index is 0.212. The highest BCUT2D eigenvalue weighted by atomic mass is 16.3. The Kier molecular flexibility index (Phi) is 5.50. The van der Waals surface area contributed by atoms with Crippen LogP contribution < -0.4 is 5.73 Å². The molecule has 0 aliphatic rings. The molecule has 2 heteroatoms. The van der Waals surface area contributed by atoms with Gasteiger partial charge in [-0.1, -0.05) is 31.2 Å². The molecule has 0 spiro atoms. The van der Waals surface area contributed by atoms with Crippen LogP contribution in [0.5, 0.6) is 0 Å². The van der Waals surface area contributed by atoms with E-state index in [1.54, 1.807) is 0 Å². The van der Waals surface area contributed by atoms with Crippen molar-refractivity contribution in [1.82, 2.24) is 0 Å². The molecule has 0 amide bonds. The summed E-state index contributed by atoms with van der Waals surface area (Å²) in [5, 5.41) is 9.21. The first-order valence-electron chi connectivity index (χ1n) is 6.10. The summed E-state index contributed by atoms with van der Waals surface area (Å²) in [7, 11) is 0. The number of hydrogen-bond donors (Lipinski definition) is 2. The number of benzene rings is 1. The first-order valence-corrected chi connectivity index (χ1v) is 6.10. The van der Waals surface area contributed by atoms with E-state index >= 15 is 0 Å². The third-order valence-corrected chi connectivity index (χ3v) is 3.00. The molecule has 0 saturated heterocycles. The molecule has 3 N–H and O–H groups in total. The highest BCUT2D eigenvalue weighted by Gasteiger charge is 2.04. The van der Waals surface area contributed by atoms with Crippen LogP contribution in [0.15, 0.2) is 24.3 Å². The molecule has 0 bridgehead atoms. The highest BCUT2D eigenvalue weighted by molar-refractivity contribution is 5.25. The predicted octanol–water partition coefficient (Wildman–Crippen LogP) is 2.45. The number of rotatable bonds is 6. The van der Waals surface area contributed by atoms with Crippen LogP contribution in [0.25, 0.3) is 0 Å². The van der Waals surface area contributed by atoms with Crippen molar-refractivity contribution in [3.63, 3.8) is 0 Å². The number of aryl methyl sites for hydroxylation is 1. The van der Waals surface area contributed by atoms with E-state index in [4.69, 9.17) is 5.73 Å². The fourth-order valence-corrected chi connectivity index (χ4v) is 1.81. The fourth-order valence-electron chi connectivity index (χ4n) is 1.81. The maximum atomic E-state index is 9.21. The average Bonchev–Trinajstić information content (AvgIpc) is 2.27. The molecule has 2 unspecified atom stereocenters. The molecule has 0 aliphatic carbocycles. The zero-order valence-electron chi connectivity index (χ0n) is 10.3.